The molecule has 1 aromatic carbocycles. The fourth-order valence-corrected chi connectivity index (χ4v) is 4.51. The first kappa shape index (κ1) is 15.8. The SMILES string of the molecule is OCCCN(Cc1cn2ccsc2n1)C1CCCc2ccccc21. The van der Waals surface area contributed by atoms with Gasteiger partial charge in [0, 0.05) is 43.5 Å². The van der Waals surface area contributed by atoms with Crippen LogP contribution in [0.5, 0.6) is 0 Å². The quantitative estimate of drug-likeness (QED) is 0.744. The van der Waals surface area contributed by atoms with Crippen LogP contribution in [0.15, 0.2) is 42.0 Å². The van der Waals surface area contributed by atoms with Crippen LogP contribution < -0.4 is 0 Å². The summed E-state index contributed by atoms with van der Waals surface area (Å²) < 4.78 is 2.10. The Balaban J connectivity index is 1.60. The van der Waals surface area contributed by atoms with E-state index in [0.29, 0.717) is 6.04 Å². The number of fused-ring (bicyclic) bond motifs is 2. The molecule has 0 saturated carbocycles. The highest BCUT2D eigenvalue weighted by Crippen LogP contribution is 2.35. The number of rotatable bonds is 6. The molecule has 2 heterocycles. The van der Waals surface area contributed by atoms with Gasteiger partial charge in [-0.25, -0.2) is 4.98 Å². The number of thiazole rings is 1. The van der Waals surface area contributed by atoms with Crippen LogP contribution >= 0.6 is 11.3 Å². The average molecular weight is 341 g/mol. The van der Waals surface area contributed by atoms with Gasteiger partial charge in [-0.1, -0.05) is 24.3 Å². The number of aliphatic hydroxyl groups excluding tert-OH is 1. The largest absolute Gasteiger partial charge is 0.396 e. The molecule has 0 fully saturated rings. The van der Waals surface area contributed by atoms with Gasteiger partial charge in [-0.05, 0) is 36.8 Å². The molecule has 1 N–H and O–H groups in total. The predicted octanol–water partition coefficient (Wildman–Crippen LogP) is 3.66. The number of aryl methyl sites for hydroxylation is 1. The fourth-order valence-electron chi connectivity index (χ4n) is 3.79. The number of hydrogen-bond donors (Lipinski definition) is 1. The minimum Gasteiger partial charge on any atom is -0.396 e. The Kier molecular flexibility index (Phi) is 4.65. The van der Waals surface area contributed by atoms with Crippen LogP contribution in [-0.2, 0) is 13.0 Å². The van der Waals surface area contributed by atoms with Gasteiger partial charge in [-0.15, -0.1) is 11.3 Å². The molecular weight excluding hydrogens is 318 g/mol. The van der Waals surface area contributed by atoms with Crippen LogP contribution in [0, 0.1) is 0 Å². The van der Waals surface area contributed by atoms with Gasteiger partial charge in [-0.3, -0.25) is 9.30 Å². The Hall–Kier alpha value is -1.69. The van der Waals surface area contributed by atoms with Crippen LogP contribution in [0.2, 0.25) is 0 Å². The second-order valence-corrected chi connectivity index (χ2v) is 7.35. The van der Waals surface area contributed by atoms with E-state index in [1.807, 2.05) is 0 Å². The van der Waals surface area contributed by atoms with Crippen LogP contribution in [-0.4, -0.2) is 32.5 Å². The van der Waals surface area contributed by atoms with E-state index in [9.17, 15) is 5.11 Å². The molecule has 1 atom stereocenters. The maximum atomic E-state index is 9.31. The Bertz CT molecular complexity index is 781. The molecule has 126 valence electrons. The smallest absolute Gasteiger partial charge is 0.193 e. The number of aliphatic hydroxyl groups is 1. The summed E-state index contributed by atoms with van der Waals surface area (Å²) in [6.45, 7) is 1.98. The van der Waals surface area contributed by atoms with E-state index in [1.54, 1.807) is 11.3 Å². The first-order valence-corrected chi connectivity index (χ1v) is 9.57. The highest BCUT2D eigenvalue weighted by atomic mass is 32.1. The summed E-state index contributed by atoms with van der Waals surface area (Å²) in [6, 6.07) is 9.26. The summed E-state index contributed by atoms with van der Waals surface area (Å²) in [6.07, 6.45) is 8.60. The van der Waals surface area contributed by atoms with E-state index in [0.717, 1.165) is 30.2 Å². The van der Waals surface area contributed by atoms with Crippen molar-refractivity contribution in [2.24, 2.45) is 0 Å². The summed E-state index contributed by atoms with van der Waals surface area (Å²) in [7, 11) is 0. The predicted molar refractivity (Wildman–Crippen MR) is 97.3 cm³/mol. The monoisotopic (exact) mass is 341 g/mol. The number of imidazole rings is 1. The maximum Gasteiger partial charge on any atom is 0.193 e. The van der Waals surface area contributed by atoms with Gasteiger partial charge in [0.2, 0.25) is 0 Å². The molecule has 0 spiro atoms. The number of hydrogen-bond acceptors (Lipinski definition) is 4. The molecule has 1 unspecified atom stereocenters. The van der Waals surface area contributed by atoms with Crippen molar-refractivity contribution in [1.82, 2.24) is 14.3 Å². The molecule has 24 heavy (non-hydrogen) atoms. The molecule has 2 aromatic heterocycles. The lowest BCUT2D eigenvalue weighted by Gasteiger charge is -2.35. The van der Waals surface area contributed by atoms with Crippen molar-refractivity contribution >= 4 is 16.3 Å². The Morgan fingerprint density at radius 2 is 2.25 bits per heavy atom. The standard InChI is InChI=1S/C19H23N3OS/c23-11-4-9-21(13-16-14-22-10-12-24-19(22)20-16)18-8-3-6-15-5-1-2-7-17(15)18/h1-2,5,7,10,12,14,18,23H,3-4,6,8-9,11,13H2. The van der Waals surface area contributed by atoms with Crippen molar-refractivity contribution in [2.45, 2.75) is 38.3 Å². The third-order valence-corrected chi connectivity index (χ3v) is 5.66. The van der Waals surface area contributed by atoms with Gasteiger partial charge in [-0.2, -0.15) is 0 Å². The first-order chi connectivity index (χ1) is 11.8. The lowest BCUT2D eigenvalue weighted by molar-refractivity contribution is 0.150. The molecule has 0 aliphatic heterocycles. The molecule has 0 bridgehead atoms. The van der Waals surface area contributed by atoms with Crippen molar-refractivity contribution in [3.63, 3.8) is 0 Å². The van der Waals surface area contributed by atoms with Gasteiger partial charge in [0.05, 0.1) is 5.69 Å². The first-order valence-electron chi connectivity index (χ1n) is 8.69. The highest BCUT2D eigenvalue weighted by Gasteiger charge is 2.26. The molecule has 0 saturated heterocycles. The van der Waals surface area contributed by atoms with E-state index in [2.05, 4.69) is 51.3 Å². The van der Waals surface area contributed by atoms with E-state index in [-0.39, 0.29) is 6.61 Å². The zero-order valence-corrected chi connectivity index (χ0v) is 14.6. The number of benzene rings is 1. The Labute approximate surface area is 146 Å². The topological polar surface area (TPSA) is 40.8 Å². The van der Waals surface area contributed by atoms with E-state index in [1.165, 1.54) is 30.4 Å². The summed E-state index contributed by atoms with van der Waals surface area (Å²) in [5.41, 5.74) is 4.05. The molecule has 4 rings (SSSR count). The van der Waals surface area contributed by atoms with Crippen LogP contribution in [0.1, 0.15) is 42.1 Å². The van der Waals surface area contributed by atoms with Crippen LogP contribution in [0.4, 0.5) is 0 Å². The molecule has 4 nitrogen and oxygen atoms in total. The second kappa shape index (κ2) is 7.05. The molecule has 1 aliphatic rings. The third kappa shape index (κ3) is 3.11. The molecule has 3 aromatic rings. The van der Waals surface area contributed by atoms with Crippen molar-refractivity contribution in [3.05, 3.63) is 58.9 Å². The molecule has 1 aliphatic carbocycles. The molecule has 0 radical (unpaired) electrons. The third-order valence-electron chi connectivity index (χ3n) is 4.89. The summed E-state index contributed by atoms with van der Waals surface area (Å²) in [4.78, 5) is 8.30. The zero-order valence-electron chi connectivity index (χ0n) is 13.8. The van der Waals surface area contributed by atoms with E-state index < -0.39 is 0 Å². The summed E-state index contributed by atoms with van der Waals surface area (Å²) >= 11 is 1.67. The van der Waals surface area contributed by atoms with Gasteiger partial charge >= 0.3 is 0 Å². The zero-order chi connectivity index (χ0) is 16.4. The molecule has 0 amide bonds. The van der Waals surface area contributed by atoms with Crippen molar-refractivity contribution in [1.29, 1.82) is 0 Å². The Morgan fingerprint density at radius 3 is 3.12 bits per heavy atom. The molecule has 5 heteroatoms. The van der Waals surface area contributed by atoms with Crippen LogP contribution in [0.3, 0.4) is 0 Å². The van der Waals surface area contributed by atoms with Crippen molar-refractivity contribution in [3.8, 4) is 0 Å². The summed E-state index contributed by atoms with van der Waals surface area (Å²) in [5.74, 6) is 0. The van der Waals surface area contributed by atoms with E-state index in [4.69, 9.17) is 4.98 Å². The average Bonchev–Trinajstić information content (AvgIpc) is 3.19. The minimum absolute atomic E-state index is 0.239. The minimum atomic E-state index is 0.239. The van der Waals surface area contributed by atoms with E-state index >= 15 is 0 Å². The van der Waals surface area contributed by atoms with Gasteiger partial charge in [0.1, 0.15) is 0 Å². The fraction of sp³-hybridized carbons (Fsp3) is 0.421. The van der Waals surface area contributed by atoms with Crippen molar-refractivity contribution in [2.75, 3.05) is 13.2 Å². The highest BCUT2D eigenvalue weighted by molar-refractivity contribution is 7.15. The van der Waals surface area contributed by atoms with Gasteiger partial charge in [0.25, 0.3) is 0 Å². The lowest BCUT2D eigenvalue weighted by Crippen LogP contribution is -2.32. The normalized spacial score (nSPS) is 17.5. The van der Waals surface area contributed by atoms with Gasteiger partial charge < -0.3 is 5.11 Å². The number of nitrogens with zero attached hydrogens (tertiary/aromatic N) is 3. The second-order valence-electron chi connectivity index (χ2n) is 6.48. The van der Waals surface area contributed by atoms with Crippen molar-refractivity contribution < 1.29 is 5.11 Å². The maximum absolute atomic E-state index is 9.31. The summed E-state index contributed by atoms with van der Waals surface area (Å²) in [5, 5.41) is 11.4. The Morgan fingerprint density at radius 1 is 1.33 bits per heavy atom. The van der Waals surface area contributed by atoms with Gasteiger partial charge in [0.15, 0.2) is 4.96 Å². The van der Waals surface area contributed by atoms with Crippen LogP contribution in [0.25, 0.3) is 4.96 Å². The molecular formula is C19H23N3OS. The number of aromatic nitrogens is 2. The lowest BCUT2D eigenvalue weighted by atomic mass is 9.86.